The molecule has 4 fully saturated rings. The minimum Gasteiger partial charge on any atom is -0.391 e. The number of nitrogens with zero attached hydrogens (tertiary/aromatic N) is 1. The summed E-state index contributed by atoms with van der Waals surface area (Å²) >= 11 is 0. The van der Waals surface area contributed by atoms with Gasteiger partial charge in [0.2, 0.25) is 0 Å². The summed E-state index contributed by atoms with van der Waals surface area (Å²) in [6.45, 7) is 7.71. The maximum absolute atomic E-state index is 11.0. The van der Waals surface area contributed by atoms with E-state index in [1.165, 1.54) is 38.5 Å². The first-order valence-corrected chi connectivity index (χ1v) is 8.78. The minimum absolute atomic E-state index is 0.109. The van der Waals surface area contributed by atoms with Gasteiger partial charge in [-0.2, -0.15) is 0 Å². The van der Waals surface area contributed by atoms with E-state index in [2.05, 4.69) is 32.7 Å². The van der Waals surface area contributed by atoms with Crippen LogP contribution in [0, 0.1) is 29.1 Å². The van der Waals surface area contributed by atoms with Gasteiger partial charge in [-0.15, -0.1) is 0 Å². The average Bonchev–Trinajstić information content (AvgIpc) is 2.35. The second kappa shape index (κ2) is 5.28. The van der Waals surface area contributed by atoms with Gasteiger partial charge < -0.3 is 10.0 Å². The fourth-order valence-electron chi connectivity index (χ4n) is 5.73. The van der Waals surface area contributed by atoms with Crippen LogP contribution in [0.2, 0.25) is 0 Å². The highest BCUT2D eigenvalue weighted by atomic mass is 16.3. The van der Waals surface area contributed by atoms with Crippen molar-refractivity contribution in [1.29, 1.82) is 0 Å². The monoisotopic (exact) mass is 279 g/mol. The second-order valence-corrected chi connectivity index (χ2v) is 8.72. The fraction of sp³-hybridized carbons (Fsp3) is 1.00. The quantitative estimate of drug-likeness (QED) is 0.832. The Bertz CT molecular complexity index is 316. The van der Waals surface area contributed by atoms with Crippen LogP contribution in [0.5, 0.6) is 0 Å². The Morgan fingerprint density at radius 2 is 1.45 bits per heavy atom. The highest BCUT2D eigenvalue weighted by molar-refractivity contribution is 5.04. The molecule has 2 nitrogen and oxygen atoms in total. The van der Waals surface area contributed by atoms with Crippen molar-refractivity contribution in [2.45, 2.75) is 71.4 Å². The van der Waals surface area contributed by atoms with Crippen LogP contribution in [-0.2, 0) is 0 Å². The molecule has 0 amide bonds. The Labute approximate surface area is 124 Å². The van der Waals surface area contributed by atoms with Crippen molar-refractivity contribution in [2.75, 3.05) is 13.6 Å². The molecule has 0 spiro atoms. The van der Waals surface area contributed by atoms with E-state index >= 15 is 0 Å². The maximum Gasteiger partial charge on any atom is 0.0723 e. The molecule has 0 saturated heterocycles. The molecule has 2 unspecified atom stereocenters. The molecule has 1 N–H and O–H groups in total. The van der Waals surface area contributed by atoms with Gasteiger partial charge in [0.15, 0.2) is 0 Å². The Hall–Kier alpha value is -0.0800. The first kappa shape index (κ1) is 14.8. The Kier molecular flexibility index (Phi) is 3.92. The van der Waals surface area contributed by atoms with Gasteiger partial charge in [-0.3, -0.25) is 0 Å². The van der Waals surface area contributed by atoms with Crippen molar-refractivity contribution in [1.82, 2.24) is 4.90 Å². The Morgan fingerprint density at radius 1 is 1.00 bits per heavy atom. The van der Waals surface area contributed by atoms with E-state index in [0.717, 1.165) is 24.3 Å². The number of rotatable bonds is 5. The molecule has 0 heterocycles. The molecule has 20 heavy (non-hydrogen) atoms. The molecule has 0 aromatic heterocycles. The van der Waals surface area contributed by atoms with Gasteiger partial charge in [0.25, 0.3) is 0 Å². The first-order valence-electron chi connectivity index (χ1n) is 8.78. The van der Waals surface area contributed by atoms with Gasteiger partial charge in [0.05, 0.1) is 6.10 Å². The van der Waals surface area contributed by atoms with E-state index in [1.807, 2.05) is 0 Å². The largest absolute Gasteiger partial charge is 0.391 e. The van der Waals surface area contributed by atoms with E-state index in [9.17, 15) is 5.11 Å². The molecular weight excluding hydrogens is 246 g/mol. The number of hydrogen-bond acceptors (Lipinski definition) is 2. The summed E-state index contributed by atoms with van der Waals surface area (Å²) in [4.78, 5) is 2.38. The third-order valence-corrected chi connectivity index (χ3v) is 6.91. The molecule has 116 valence electrons. The average molecular weight is 279 g/mol. The lowest BCUT2D eigenvalue weighted by atomic mass is 9.48. The lowest BCUT2D eigenvalue weighted by Crippen LogP contribution is -2.55. The van der Waals surface area contributed by atoms with Crippen LogP contribution in [0.25, 0.3) is 0 Å². The predicted octanol–water partition coefficient (Wildman–Crippen LogP) is 3.54. The van der Waals surface area contributed by atoms with E-state index in [1.54, 1.807) is 0 Å². The molecule has 0 radical (unpaired) electrons. The molecular formula is C18H33NO. The molecule has 0 aromatic rings. The first-order chi connectivity index (χ1) is 9.39. The summed E-state index contributed by atoms with van der Waals surface area (Å²) in [6.07, 6.45) is 8.21. The van der Waals surface area contributed by atoms with Crippen LogP contribution in [0.4, 0.5) is 0 Å². The maximum atomic E-state index is 11.0. The zero-order valence-corrected chi connectivity index (χ0v) is 13.8. The minimum atomic E-state index is -0.109. The Balaban J connectivity index is 1.66. The van der Waals surface area contributed by atoms with E-state index in [-0.39, 0.29) is 11.5 Å². The fourth-order valence-corrected chi connectivity index (χ4v) is 5.73. The topological polar surface area (TPSA) is 23.5 Å². The van der Waals surface area contributed by atoms with Gasteiger partial charge >= 0.3 is 0 Å². The van der Waals surface area contributed by atoms with Gasteiger partial charge in [-0.1, -0.05) is 13.8 Å². The third kappa shape index (κ3) is 2.54. The van der Waals surface area contributed by atoms with Crippen molar-refractivity contribution in [3.05, 3.63) is 0 Å². The molecule has 4 aliphatic rings. The number of hydrogen-bond donors (Lipinski definition) is 1. The van der Waals surface area contributed by atoms with Gasteiger partial charge in [-0.25, -0.2) is 0 Å². The molecule has 4 aliphatic carbocycles. The van der Waals surface area contributed by atoms with E-state index < -0.39 is 0 Å². The lowest BCUT2D eigenvalue weighted by Gasteiger charge is -2.58. The van der Waals surface area contributed by atoms with E-state index in [4.69, 9.17) is 0 Å². The van der Waals surface area contributed by atoms with Crippen LogP contribution in [0.1, 0.15) is 59.3 Å². The van der Waals surface area contributed by atoms with Gasteiger partial charge in [0, 0.05) is 12.6 Å². The van der Waals surface area contributed by atoms with Crippen molar-refractivity contribution in [3.8, 4) is 0 Å². The number of aliphatic hydroxyl groups is 1. The van der Waals surface area contributed by atoms with E-state index in [0.29, 0.717) is 12.0 Å². The summed E-state index contributed by atoms with van der Waals surface area (Å²) in [7, 11) is 2.19. The molecule has 4 bridgehead atoms. The molecule has 2 atom stereocenters. The zero-order valence-electron chi connectivity index (χ0n) is 13.8. The lowest BCUT2D eigenvalue weighted by molar-refractivity contribution is -0.127. The molecule has 4 rings (SSSR count). The molecule has 4 saturated carbocycles. The SMILES string of the molecule is CC(C)C(C)N(C)CC(O)C12CC3CC(CC(C3)C1)C2. The van der Waals surface area contributed by atoms with Crippen LogP contribution in [0.15, 0.2) is 0 Å². The van der Waals surface area contributed by atoms with Crippen LogP contribution >= 0.6 is 0 Å². The zero-order chi connectivity index (χ0) is 14.5. The van der Waals surface area contributed by atoms with Crippen molar-refractivity contribution >= 4 is 0 Å². The number of likely N-dealkylation sites (N-methyl/N-ethyl adjacent to an activating group) is 1. The highest BCUT2D eigenvalue weighted by Crippen LogP contribution is 2.61. The summed E-state index contributed by atoms with van der Waals surface area (Å²) < 4.78 is 0. The van der Waals surface area contributed by atoms with Crippen molar-refractivity contribution in [2.24, 2.45) is 29.1 Å². The summed E-state index contributed by atoms with van der Waals surface area (Å²) in [5.41, 5.74) is 0.277. The normalized spacial score (nSPS) is 42.5. The standard InChI is InChI=1S/C18H33NO/c1-12(2)13(3)19(4)11-17(20)18-8-14-5-15(9-18)7-16(6-14)10-18/h12-17,20H,5-11H2,1-4H3. The summed E-state index contributed by atoms with van der Waals surface area (Å²) in [5, 5.41) is 11.0. The number of aliphatic hydroxyl groups excluding tert-OH is 1. The highest BCUT2D eigenvalue weighted by Gasteiger charge is 2.54. The Morgan fingerprint density at radius 3 is 1.85 bits per heavy atom. The second-order valence-electron chi connectivity index (χ2n) is 8.72. The molecule has 2 heteroatoms. The smallest absolute Gasteiger partial charge is 0.0723 e. The third-order valence-electron chi connectivity index (χ3n) is 6.91. The van der Waals surface area contributed by atoms with Crippen LogP contribution < -0.4 is 0 Å². The van der Waals surface area contributed by atoms with Gasteiger partial charge in [-0.05, 0) is 81.6 Å². The van der Waals surface area contributed by atoms with Gasteiger partial charge in [0.1, 0.15) is 0 Å². The van der Waals surface area contributed by atoms with Crippen molar-refractivity contribution in [3.63, 3.8) is 0 Å². The van der Waals surface area contributed by atoms with Crippen LogP contribution in [0.3, 0.4) is 0 Å². The van der Waals surface area contributed by atoms with Crippen molar-refractivity contribution < 1.29 is 5.11 Å². The summed E-state index contributed by atoms with van der Waals surface area (Å²) in [6, 6.07) is 0.554. The summed E-state index contributed by atoms with van der Waals surface area (Å²) in [5.74, 6) is 3.46. The molecule has 0 aliphatic heterocycles. The predicted molar refractivity (Wildman–Crippen MR) is 83.5 cm³/mol. The van der Waals surface area contributed by atoms with Crippen LogP contribution in [-0.4, -0.2) is 35.7 Å². The molecule has 0 aromatic carbocycles.